The molecular weight excluding hydrogens is 778 g/mol. The SMILES string of the molecule is CC(=O)Nc1ccc(S(=O)(=O)N2CCC(N3CCC(C)CC3)CC2)c2ccc(-c3ccc4c(Cl)ccc(S(=O)(=O)N5CCC(N6CCC(C)CC6)CC5)c4c3)cc12. The van der Waals surface area contributed by atoms with E-state index >= 15 is 0 Å². The Hall–Kier alpha value is -3.10. The van der Waals surface area contributed by atoms with Crippen LogP contribution in [0.25, 0.3) is 32.7 Å². The number of piperidine rings is 4. The first-order chi connectivity index (χ1) is 27.3. The van der Waals surface area contributed by atoms with Crippen molar-refractivity contribution in [3.8, 4) is 11.1 Å². The first-order valence-electron chi connectivity index (χ1n) is 20.8. The van der Waals surface area contributed by atoms with Gasteiger partial charge < -0.3 is 15.1 Å². The zero-order valence-corrected chi connectivity index (χ0v) is 35.8. The number of hydrogen-bond acceptors (Lipinski definition) is 7. The van der Waals surface area contributed by atoms with E-state index in [-0.39, 0.29) is 15.7 Å². The van der Waals surface area contributed by atoms with Crippen molar-refractivity contribution in [2.75, 3.05) is 57.7 Å². The molecule has 0 atom stereocenters. The largest absolute Gasteiger partial charge is 0.326 e. The fourth-order valence-electron chi connectivity index (χ4n) is 9.67. The lowest BCUT2D eigenvalue weighted by Gasteiger charge is -2.41. The number of likely N-dealkylation sites (tertiary alicyclic amines) is 2. The van der Waals surface area contributed by atoms with Crippen LogP contribution in [-0.2, 0) is 24.8 Å². The average molecular weight is 835 g/mol. The summed E-state index contributed by atoms with van der Waals surface area (Å²) in [5.74, 6) is 1.23. The molecule has 1 amide bonds. The highest BCUT2D eigenvalue weighted by Gasteiger charge is 2.35. The van der Waals surface area contributed by atoms with Gasteiger partial charge in [0.05, 0.1) is 9.79 Å². The van der Waals surface area contributed by atoms with Gasteiger partial charge in [-0.1, -0.05) is 49.7 Å². The standard InChI is InChI=1S/C44H56ClN5O5S2/c1-30-12-20-47(21-13-30)35-16-24-49(25-17-35)56(52,53)43-11-9-42(46-32(3)51)39-28-33(5-7-38(39)43)34-4-6-37-40(29-34)44(10-8-41(37)45)57(54,55)50-26-18-36(19-27-50)48-22-14-31(2)15-23-48/h4-11,28-31,35-36H,12-27H2,1-3H3,(H,46,51). The maximum Gasteiger partial charge on any atom is 0.243 e. The molecule has 0 aliphatic carbocycles. The minimum Gasteiger partial charge on any atom is -0.326 e. The maximum absolute atomic E-state index is 14.3. The maximum atomic E-state index is 14.3. The molecule has 306 valence electrons. The molecule has 4 aliphatic rings. The quantitative estimate of drug-likeness (QED) is 0.192. The number of amides is 1. The highest BCUT2D eigenvalue weighted by molar-refractivity contribution is 7.89. The number of sulfonamides is 2. The van der Waals surface area contributed by atoms with Crippen molar-refractivity contribution in [2.45, 2.75) is 94.0 Å². The summed E-state index contributed by atoms with van der Waals surface area (Å²) in [7, 11) is -7.67. The Kier molecular flexibility index (Phi) is 11.8. The van der Waals surface area contributed by atoms with E-state index in [1.54, 1.807) is 38.9 Å². The van der Waals surface area contributed by atoms with E-state index in [0.29, 0.717) is 70.5 Å². The summed E-state index contributed by atoms with van der Waals surface area (Å²) in [6.45, 7) is 12.2. The third-order valence-electron chi connectivity index (χ3n) is 13.3. The number of carbonyl (C=O) groups is 1. The second kappa shape index (κ2) is 16.5. The second-order valence-corrected chi connectivity index (χ2v) is 21.3. The van der Waals surface area contributed by atoms with Gasteiger partial charge in [-0.15, -0.1) is 0 Å². The van der Waals surface area contributed by atoms with Gasteiger partial charge in [0.1, 0.15) is 0 Å². The number of carbonyl (C=O) groups excluding carboxylic acids is 1. The molecule has 0 radical (unpaired) electrons. The molecule has 13 heteroatoms. The van der Waals surface area contributed by atoms with E-state index < -0.39 is 20.0 Å². The number of fused-ring (bicyclic) bond motifs is 2. The van der Waals surface area contributed by atoms with Crippen LogP contribution in [0.5, 0.6) is 0 Å². The van der Waals surface area contributed by atoms with E-state index in [4.69, 9.17) is 11.6 Å². The van der Waals surface area contributed by atoms with Crippen molar-refractivity contribution in [3.05, 3.63) is 65.7 Å². The molecule has 0 saturated carbocycles. The Morgan fingerprint density at radius 1 is 0.561 bits per heavy atom. The van der Waals surface area contributed by atoms with Gasteiger partial charge in [-0.25, -0.2) is 16.8 Å². The lowest BCUT2D eigenvalue weighted by molar-refractivity contribution is -0.114. The Morgan fingerprint density at radius 3 is 1.49 bits per heavy atom. The van der Waals surface area contributed by atoms with Crippen molar-refractivity contribution in [3.63, 3.8) is 0 Å². The van der Waals surface area contributed by atoms with Crippen LogP contribution in [-0.4, -0.2) is 106 Å². The number of hydrogen-bond donors (Lipinski definition) is 1. The van der Waals surface area contributed by atoms with E-state index in [1.807, 2.05) is 30.3 Å². The topological polar surface area (TPSA) is 110 Å². The molecule has 0 unspecified atom stereocenters. The predicted molar refractivity (Wildman–Crippen MR) is 230 cm³/mol. The summed E-state index contributed by atoms with van der Waals surface area (Å²) in [5, 5.41) is 5.65. The number of benzene rings is 4. The molecule has 1 N–H and O–H groups in total. The van der Waals surface area contributed by atoms with Crippen LogP contribution in [0.15, 0.2) is 70.5 Å². The predicted octanol–water partition coefficient (Wildman–Crippen LogP) is 8.04. The first kappa shape index (κ1) is 40.7. The molecule has 0 bridgehead atoms. The Morgan fingerprint density at radius 2 is 1.00 bits per heavy atom. The van der Waals surface area contributed by atoms with Crippen molar-refractivity contribution in [1.29, 1.82) is 0 Å². The molecule has 8 rings (SSSR count). The fourth-order valence-corrected chi connectivity index (χ4v) is 13.2. The number of rotatable bonds is 8. The smallest absolute Gasteiger partial charge is 0.243 e. The minimum absolute atomic E-state index is 0.209. The van der Waals surface area contributed by atoms with Crippen molar-refractivity contribution >= 4 is 64.8 Å². The van der Waals surface area contributed by atoms with E-state index in [9.17, 15) is 21.6 Å². The van der Waals surface area contributed by atoms with Crippen LogP contribution < -0.4 is 5.32 Å². The van der Waals surface area contributed by atoms with Crippen LogP contribution in [0.4, 0.5) is 5.69 Å². The number of anilines is 1. The zero-order valence-electron chi connectivity index (χ0n) is 33.4. The monoisotopic (exact) mass is 833 g/mol. The lowest BCUT2D eigenvalue weighted by Crippen LogP contribution is -2.48. The highest BCUT2D eigenvalue weighted by atomic mass is 35.5. The van der Waals surface area contributed by atoms with Crippen LogP contribution in [0.2, 0.25) is 5.02 Å². The Balaban J connectivity index is 1.09. The van der Waals surface area contributed by atoms with E-state index in [0.717, 1.165) is 74.8 Å². The molecule has 4 saturated heterocycles. The minimum atomic E-state index is -3.84. The van der Waals surface area contributed by atoms with Gasteiger partial charge in [0, 0.05) is 77.4 Å². The molecule has 4 aromatic carbocycles. The summed E-state index contributed by atoms with van der Waals surface area (Å²) in [5.41, 5.74) is 2.01. The first-order valence-corrected chi connectivity index (χ1v) is 24.1. The van der Waals surface area contributed by atoms with Crippen LogP contribution in [0.3, 0.4) is 0 Å². The second-order valence-electron chi connectivity index (χ2n) is 17.1. The summed E-state index contributed by atoms with van der Waals surface area (Å²) < 4.78 is 60.6. The third kappa shape index (κ3) is 8.25. The van der Waals surface area contributed by atoms with Gasteiger partial charge in [0.2, 0.25) is 26.0 Å². The van der Waals surface area contributed by atoms with Gasteiger partial charge in [-0.2, -0.15) is 8.61 Å². The summed E-state index contributed by atoms with van der Waals surface area (Å²) in [6.07, 6.45) is 8.01. The number of halogens is 1. The molecule has 0 spiro atoms. The molecule has 4 aliphatic heterocycles. The van der Waals surface area contributed by atoms with E-state index in [1.165, 1.54) is 32.6 Å². The van der Waals surface area contributed by atoms with Crippen LogP contribution in [0, 0.1) is 11.8 Å². The molecule has 4 aromatic rings. The number of nitrogens with one attached hydrogen (secondary N) is 1. The van der Waals surface area contributed by atoms with Crippen LogP contribution >= 0.6 is 11.6 Å². The van der Waals surface area contributed by atoms with E-state index in [2.05, 4.69) is 29.0 Å². The van der Waals surface area contributed by atoms with Gasteiger partial charge >= 0.3 is 0 Å². The van der Waals surface area contributed by atoms with Gasteiger partial charge in [-0.3, -0.25) is 4.79 Å². The average Bonchev–Trinajstić information content (AvgIpc) is 3.21. The Labute approximate surface area is 343 Å². The molecular formula is C44H56ClN5O5S2. The van der Waals surface area contributed by atoms with Gasteiger partial charge in [0.15, 0.2) is 0 Å². The third-order valence-corrected chi connectivity index (χ3v) is 17.5. The molecule has 4 heterocycles. The van der Waals surface area contributed by atoms with Crippen LogP contribution in [0.1, 0.15) is 72.1 Å². The molecule has 0 aromatic heterocycles. The van der Waals surface area contributed by atoms with Crippen molar-refractivity contribution in [2.24, 2.45) is 11.8 Å². The zero-order chi connectivity index (χ0) is 40.1. The van der Waals surface area contributed by atoms with Gasteiger partial charge in [0.25, 0.3) is 0 Å². The lowest BCUT2D eigenvalue weighted by atomic mass is 9.95. The number of nitrogens with zero attached hydrogens (tertiary/aromatic N) is 4. The molecule has 10 nitrogen and oxygen atoms in total. The van der Waals surface area contributed by atoms with Crippen molar-refractivity contribution < 1.29 is 21.6 Å². The molecule has 57 heavy (non-hydrogen) atoms. The fraction of sp³-hybridized carbons (Fsp3) is 0.523. The van der Waals surface area contributed by atoms with Crippen molar-refractivity contribution in [1.82, 2.24) is 18.4 Å². The highest BCUT2D eigenvalue weighted by Crippen LogP contribution is 2.39. The normalized spacial score (nSPS) is 21.4. The summed E-state index contributed by atoms with van der Waals surface area (Å²) in [4.78, 5) is 17.9. The summed E-state index contributed by atoms with van der Waals surface area (Å²) >= 11 is 6.69. The summed E-state index contributed by atoms with van der Waals surface area (Å²) in [6, 6.07) is 18.5. The molecule has 4 fully saturated rings. The Bertz CT molecular complexity index is 2360. The van der Waals surface area contributed by atoms with Gasteiger partial charge in [-0.05, 0) is 137 Å².